The van der Waals surface area contributed by atoms with Crippen molar-refractivity contribution in [1.82, 2.24) is 4.57 Å². The molecule has 0 saturated carbocycles. The van der Waals surface area contributed by atoms with E-state index in [9.17, 15) is 4.79 Å². The number of para-hydroxylation sites is 1. The lowest BCUT2D eigenvalue weighted by Crippen LogP contribution is -2.28. The largest absolute Gasteiger partial charge is 0.394 e. The molecule has 4 nitrogen and oxygen atoms in total. The Morgan fingerprint density at radius 2 is 1.75 bits per heavy atom. The van der Waals surface area contributed by atoms with Gasteiger partial charge in [-0.05, 0) is 17.5 Å². The fourth-order valence-electron chi connectivity index (χ4n) is 1.81. The Hall–Kier alpha value is -1.65. The van der Waals surface area contributed by atoms with Crippen molar-refractivity contribution in [2.24, 2.45) is 0 Å². The predicted octanol–water partition coefficient (Wildman–Crippen LogP) is 0.527. The second-order valence-electron chi connectivity index (χ2n) is 3.62. The van der Waals surface area contributed by atoms with Crippen LogP contribution in [0.4, 0.5) is 0 Å². The highest BCUT2D eigenvalue weighted by Gasteiger charge is 2.12. The number of rotatable bonds is 3. The van der Waals surface area contributed by atoms with Crippen molar-refractivity contribution in [1.29, 1.82) is 0 Å². The predicted molar refractivity (Wildman–Crippen MR) is 61.4 cm³/mol. The maximum atomic E-state index is 11.7. The molecule has 0 fully saturated rings. The summed E-state index contributed by atoms with van der Waals surface area (Å²) in [5, 5.41) is 19.2. The molecule has 0 bridgehead atoms. The zero-order chi connectivity index (χ0) is 11.5. The van der Waals surface area contributed by atoms with E-state index in [1.165, 1.54) is 10.6 Å². The summed E-state index contributed by atoms with van der Waals surface area (Å²) < 4.78 is 1.43. The lowest BCUT2D eigenvalue weighted by atomic mass is 10.2. The van der Waals surface area contributed by atoms with Gasteiger partial charge in [0.2, 0.25) is 0 Å². The zero-order valence-corrected chi connectivity index (χ0v) is 8.71. The molecule has 1 heterocycles. The van der Waals surface area contributed by atoms with Crippen LogP contribution in [0.25, 0.3) is 10.9 Å². The molecule has 2 aromatic rings. The molecule has 0 atom stereocenters. The van der Waals surface area contributed by atoms with Crippen molar-refractivity contribution in [2.45, 2.75) is 6.04 Å². The number of nitrogens with zero attached hydrogens (tertiary/aromatic N) is 1. The Kier molecular flexibility index (Phi) is 3.03. The molecule has 16 heavy (non-hydrogen) atoms. The highest BCUT2D eigenvalue weighted by Crippen LogP contribution is 2.14. The molecule has 0 aliphatic heterocycles. The molecule has 0 unspecified atom stereocenters. The molecule has 0 radical (unpaired) electrons. The molecular formula is C12H13NO3. The summed E-state index contributed by atoms with van der Waals surface area (Å²) in [7, 11) is 0. The number of hydrogen-bond acceptors (Lipinski definition) is 3. The number of hydrogen-bond donors (Lipinski definition) is 2. The molecule has 0 saturated heterocycles. The molecule has 4 heteroatoms. The van der Waals surface area contributed by atoms with E-state index in [0.717, 1.165) is 10.9 Å². The maximum absolute atomic E-state index is 11.7. The summed E-state index contributed by atoms with van der Waals surface area (Å²) in [6, 6.07) is 9.99. The van der Waals surface area contributed by atoms with E-state index < -0.39 is 6.04 Å². The van der Waals surface area contributed by atoms with Gasteiger partial charge in [-0.3, -0.25) is 4.79 Å². The van der Waals surface area contributed by atoms with Gasteiger partial charge in [-0.2, -0.15) is 0 Å². The van der Waals surface area contributed by atoms with Gasteiger partial charge in [-0.25, -0.2) is 0 Å². The van der Waals surface area contributed by atoms with Crippen molar-refractivity contribution in [3.05, 3.63) is 46.8 Å². The second kappa shape index (κ2) is 4.47. The van der Waals surface area contributed by atoms with Gasteiger partial charge in [0.15, 0.2) is 0 Å². The number of aromatic nitrogens is 1. The van der Waals surface area contributed by atoms with Gasteiger partial charge >= 0.3 is 0 Å². The van der Waals surface area contributed by atoms with Crippen LogP contribution in [0, 0.1) is 0 Å². The standard InChI is InChI=1S/C12H13NO3/c14-7-10(8-15)13-11-4-2-1-3-9(11)5-6-12(13)16/h1-6,10,14-15H,7-8H2. The third kappa shape index (κ3) is 1.73. The smallest absolute Gasteiger partial charge is 0.251 e. The van der Waals surface area contributed by atoms with Crippen molar-refractivity contribution < 1.29 is 10.2 Å². The zero-order valence-electron chi connectivity index (χ0n) is 8.71. The van der Waals surface area contributed by atoms with Crippen LogP contribution < -0.4 is 5.56 Å². The number of aliphatic hydroxyl groups is 2. The first-order chi connectivity index (χ1) is 7.77. The minimum atomic E-state index is -0.585. The summed E-state index contributed by atoms with van der Waals surface area (Å²) in [5.74, 6) is 0. The van der Waals surface area contributed by atoms with Crippen molar-refractivity contribution in [3.63, 3.8) is 0 Å². The third-order valence-corrected chi connectivity index (χ3v) is 2.63. The first kappa shape index (κ1) is 10.9. The van der Waals surface area contributed by atoms with Crippen LogP contribution in [-0.4, -0.2) is 28.0 Å². The van der Waals surface area contributed by atoms with Gasteiger partial charge in [-0.15, -0.1) is 0 Å². The Morgan fingerprint density at radius 3 is 2.44 bits per heavy atom. The van der Waals surface area contributed by atoms with Crippen LogP contribution in [0.3, 0.4) is 0 Å². The van der Waals surface area contributed by atoms with Crippen LogP contribution in [-0.2, 0) is 0 Å². The van der Waals surface area contributed by atoms with Crippen molar-refractivity contribution >= 4 is 10.9 Å². The number of pyridine rings is 1. The first-order valence-corrected chi connectivity index (χ1v) is 5.10. The topological polar surface area (TPSA) is 62.5 Å². The summed E-state index contributed by atoms with van der Waals surface area (Å²) in [4.78, 5) is 11.7. The van der Waals surface area contributed by atoms with E-state index in [1.54, 1.807) is 12.1 Å². The Balaban J connectivity index is 2.75. The van der Waals surface area contributed by atoms with Crippen molar-refractivity contribution in [3.8, 4) is 0 Å². The van der Waals surface area contributed by atoms with Gasteiger partial charge < -0.3 is 14.8 Å². The summed E-state index contributed by atoms with van der Waals surface area (Å²) in [5.41, 5.74) is 0.509. The molecule has 0 spiro atoms. The molecule has 1 aromatic heterocycles. The molecular weight excluding hydrogens is 206 g/mol. The normalized spacial score (nSPS) is 11.2. The monoisotopic (exact) mass is 219 g/mol. The fourth-order valence-corrected chi connectivity index (χ4v) is 1.81. The maximum Gasteiger partial charge on any atom is 0.251 e. The number of benzene rings is 1. The molecule has 0 aliphatic rings. The first-order valence-electron chi connectivity index (χ1n) is 5.10. The van der Waals surface area contributed by atoms with E-state index >= 15 is 0 Å². The molecule has 84 valence electrons. The Bertz CT molecular complexity index is 543. The van der Waals surface area contributed by atoms with E-state index in [-0.39, 0.29) is 18.8 Å². The second-order valence-corrected chi connectivity index (χ2v) is 3.62. The van der Waals surface area contributed by atoms with Crippen LogP contribution in [0.2, 0.25) is 0 Å². The van der Waals surface area contributed by atoms with Gasteiger partial charge in [-0.1, -0.05) is 18.2 Å². The summed E-state index contributed by atoms with van der Waals surface area (Å²) in [6.45, 7) is -0.519. The third-order valence-electron chi connectivity index (χ3n) is 2.63. The molecule has 0 amide bonds. The van der Waals surface area contributed by atoms with Crippen LogP contribution in [0.1, 0.15) is 6.04 Å². The molecule has 2 N–H and O–H groups in total. The van der Waals surface area contributed by atoms with E-state index in [0.29, 0.717) is 0 Å². The number of aliphatic hydroxyl groups excluding tert-OH is 2. The summed E-state index contributed by atoms with van der Waals surface area (Å²) in [6.07, 6.45) is 0. The van der Waals surface area contributed by atoms with E-state index in [1.807, 2.05) is 18.2 Å². The van der Waals surface area contributed by atoms with Gasteiger partial charge in [0.25, 0.3) is 5.56 Å². The highest BCUT2D eigenvalue weighted by atomic mass is 16.3. The molecule has 2 rings (SSSR count). The highest BCUT2D eigenvalue weighted by molar-refractivity contribution is 5.78. The summed E-state index contributed by atoms with van der Waals surface area (Å²) >= 11 is 0. The lowest BCUT2D eigenvalue weighted by Gasteiger charge is -2.17. The Morgan fingerprint density at radius 1 is 1.06 bits per heavy atom. The lowest BCUT2D eigenvalue weighted by molar-refractivity contribution is 0.155. The number of fused-ring (bicyclic) bond motifs is 1. The Labute approximate surface area is 92.4 Å². The van der Waals surface area contributed by atoms with Gasteiger partial charge in [0.05, 0.1) is 24.8 Å². The van der Waals surface area contributed by atoms with Crippen LogP contribution in [0.15, 0.2) is 41.2 Å². The minimum Gasteiger partial charge on any atom is -0.394 e. The van der Waals surface area contributed by atoms with Crippen LogP contribution >= 0.6 is 0 Å². The molecule has 1 aromatic carbocycles. The SMILES string of the molecule is O=c1ccc2ccccc2n1C(CO)CO. The average molecular weight is 219 g/mol. The van der Waals surface area contributed by atoms with Gasteiger partial charge in [0, 0.05) is 6.07 Å². The van der Waals surface area contributed by atoms with Crippen molar-refractivity contribution in [2.75, 3.05) is 13.2 Å². The van der Waals surface area contributed by atoms with Gasteiger partial charge in [0.1, 0.15) is 0 Å². The fraction of sp³-hybridized carbons (Fsp3) is 0.250. The molecule has 0 aliphatic carbocycles. The minimum absolute atomic E-state index is 0.216. The average Bonchev–Trinajstić information content (AvgIpc) is 2.33. The van der Waals surface area contributed by atoms with E-state index in [4.69, 9.17) is 10.2 Å². The van der Waals surface area contributed by atoms with E-state index in [2.05, 4.69) is 0 Å². The quantitative estimate of drug-likeness (QED) is 0.791. The van der Waals surface area contributed by atoms with Crippen LogP contribution in [0.5, 0.6) is 0 Å².